The summed E-state index contributed by atoms with van der Waals surface area (Å²) >= 11 is 0. The number of hydrogen-bond donors (Lipinski definition) is 0. The standard InChI is InChI=1S/C17H24N6O/c1-5-16(24)22(11-14-8-18-20-21(14)4)15-9-19-23(10-12(2)3)17(15)13-6-7-13/h5,8-9,12-13H,1,6-7,10-11H2,2-4H3. The van der Waals surface area contributed by atoms with E-state index in [1.54, 1.807) is 22.0 Å². The average molecular weight is 328 g/mol. The molecule has 7 heteroatoms. The molecule has 1 fully saturated rings. The van der Waals surface area contributed by atoms with Crippen LogP contribution < -0.4 is 4.90 Å². The number of aryl methyl sites for hydroxylation is 1. The minimum Gasteiger partial charge on any atom is -0.300 e. The Morgan fingerprint density at radius 3 is 2.75 bits per heavy atom. The van der Waals surface area contributed by atoms with Gasteiger partial charge in [0.15, 0.2) is 0 Å². The Hall–Kier alpha value is -2.44. The molecule has 24 heavy (non-hydrogen) atoms. The van der Waals surface area contributed by atoms with Crippen molar-refractivity contribution in [3.05, 3.63) is 36.4 Å². The molecule has 3 rings (SSSR count). The van der Waals surface area contributed by atoms with E-state index in [1.165, 1.54) is 6.08 Å². The van der Waals surface area contributed by atoms with Crippen LogP contribution in [0.5, 0.6) is 0 Å². The summed E-state index contributed by atoms with van der Waals surface area (Å²) in [5.74, 6) is 0.855. The highest BCUT2D eigenvalue weighted by Crippen LogP contribution is 2.44. The van der Waals surface area contributed by atoms with Gasteiger partial charge in [-0.1, -0.05) is 25.6 Å². The Morgan fingerprint density at radius 2 is 2.21 bits per heavy atom. The van der Waals surface area contributed by atoms with E-state index in [2.05, 4.69) is 40.5 Å². The second-order valence-electron chi connectivity index (χ2n) is 6.74. The fourth-order valence-corrected chi connectivity index (χ4v) is 2.87. The van der Waals surface area contributed by atoms with Crippen LogP contribution in [0.1, 0.15) is 44.0 Å². The van der Waals surface area contributed by atoms with Crippen molar-refractivity contribution in [3.8, 4) is 0 Å². The van der Waals surface area contributed by atoms with Gasteiger partial charge in [-0.05, 0) is 24.8 Å². The van der Waals surface area contributed by atoms with Crippen LogP contribution in [0.15, 0.2) is 25.0 Å². The molecule has 2 aromatic rings. The fraction of sp³-hybridized carbons (Fsp3) is 0.529. The van der Waals surface area contributed by atoms with Crippen molar-refractivity contribution in [2.24, 2.45) is 13.0 Å². The molecular formula is C17H24N6O. The second-order valence-corrected chi connectivity index (χ2v) is 6.74. The number of rotatable bonds is 7. The van der Waals surface area contributed by atoms with Gasteiger partial charge < -0.3 is 0 Å². The highest BCUT2D eigenvalue weighted by atomic mass is 16.2. The van der Waals surface area contributed by atoms with E-state index < -0.39 is 0 Å². The summed E-state index contributed by atoms with van der Waals surface area (Å²) in [6.07, 6.45) is 7.14. The quantitative estimate of drug-likeness (QED) is 0.731. The maximum atomic E-state index is 12.5. The number of carbonyl (C=O) groups excluding carboxylic acids is 1. The second kappa shape index (κ2) is 6.59. The third-order valence-corrected chi connectivity index (χ3v) is 4.22. The number of nitrogens with zero attached hydrogens (tertiary/aromatic N) is 6. The molecule has 0 atom stereocenters. The molecule has 1 saturated carbocycles. The average Bonchev–Trinajstić information content (AvgIpc) is 3.18. The van der Waals surface area contributed by atoms with Gasteiger partial charge in [0, 0.05) is 19.5 Å². The number of amides is 1. The topological polar surface area (TPSA) is 68.8 Å². The van der Waals surface area contributed by atoms with Gasteiger partial charge in [-0.2, -0.15) is 5.10 Å². The first-order chi connectivity index (χ1) is 11.5. The fourth-order valence-electron chi connectivity index (χ4n) is 2.87. The summed E-state index contributed by atoms with van der Waals surface area (Å²) in [7, 11) is 1.82. The molecule has 1 aliphatic carbocycles. The Balaban J connectivity index is 1.98. The zero-order chi connectivity index (χ0) is 17.3. The summed E-state index contributed by atoms with van der Waals surface area (Å²) in [5.41, 5.74) is 2.90. The number of aromatic nitrogens is 5. The minimum absolute atomic E-state index is 0.137. The van der Waals surface area contributed by atoms with Gasteiger partial charge in [-0.25, -0.2) is 0 Å². The molecule has 1 aliphatic rings. The summed E-state index contributed by atoms with van der Waals surface area (Å²) in [6, 6.07) is 0. The van der Waals surface area contributed by atoms with Crippen molar-refractivity contribution in [1.82, 2.24) is 24.8 Å². The zero-order valence-corrected chi connectivity index (χ0v) is 14.5. The van der Waals surface area contributed by atoms with Crippen molar-refractivity contribution in [3.63, 3.8) is 0 Å². The number of carbonyl (C=O) groups is 1. The number of anilines is 1. The van der Waals surface area contributed by atoms with Gasteiger partial charge >= 0.3 is 0 Å². The molecule has 2 aromatic heterocycles. The van der Waals surface area contributed by atoms with Crippen LogP contribution in [0.3, 0.4) is 0 Å². The lowest BCUT2D eigenvalue weighted by molar-refractivity contribution is -0.114. The van der Waals surface area contributed by atoms with Gasteiger partial charge in [0.1, 0.15) is 0 Å². The molecule has 0 saturated heterocycles. The lowest BCUT2D eigenvalue weighted by atomic mass is 10.2. The lowest BCUT2D eigenvalue weighted by Crippen LogP contribution is -2.30. The van der Waals surface area contributed by atoms with Crippen LogP contribution in [0.4, 0.5) is 5.69 Å². The SMILES string of the molecule is C=CC(=O)N(Cc1cnnn1C)c1cnn(CC(C)C)c1C1CC1. The first-order valence-corrected chi connectivity index (χ1v) is 8.34. The van der Waals surface area contributed by atoms with Gasteiger partial charge in [0.2, 0.25) is 0 Å². The van der Waals surface area contributed by atoms with Gasteiger partial charge in [-0.15, -0.1) is 5.10 Å². The highest BCUT2D eigenvalue weighted by Gasteiger charge is 2.33. The molecule has 0 radical (unpaired) electrons. The molecule has 0 aliphatic heterocycles. The highest BCUT2D eigenvalue weighted by molar-refractivity contribution is 6.01. The van der Waals surface area contributed by atoms with Crippen molar-refractivity contribution < 1.29 is 4.79 Å². The van der Waals surface area contributed by atoms with Crippen LogP contribution in [0.25, 0.3) is 0 Å². The molecule has 7 nitrogen and oxygen atoms in total. The molecule has 2 heterocycles. The van der Waals surface area contributed by atoms with Crippen molar-refractivity contribution in [2.45, 2.75) is 45.7 Å². The largest absolute Gasteiger partial charge is 0.300 e. The predicted molar refractivity (Wildman–Crippen MR) is 91.4 cm³/mol. The molecule has 0 bridgehead atoms. The summed E-state index contributed by atoms with van der Waals surface area (Å²) in [5, 5.41) is 12.4. The Kier molecular flexibility index (Phi) is 4.51. The van der Waals surface area contributed by atoms with Crippen molar-refractivity contribution >= 4 is 11.6 Å². The maximum Gasteiger partial charge on any atom is 0.250 e. The third-order valence-electron chi connectivity index (χ3n) is 4.22. The van der Waals surface area contributed by atoms with Crippen molar-refractivity contribution in [1.29, 1.82) is 0 Å². The van der Waals surface area contributed by atoms with E-state index in [-0.39, 0.29) is 5.91 Å². The van der Waals surface area contributed by atoms with Crippen molar-refractivity contribution in [2.75, 3.05) is 4.90 Å². The number of hydrogen-bond acceptors (Lipinski definition) is 4. The van der Waals surface area contributed by atoms with Gasteiger partial charge in [0.25, 0.3) is 5.91 Å². The predicted octanol–water partition coefficient (Wildman–Crippen LogP) is 2.26. The molecular weight excluding hydrogens is 304 g/mol. The van der Waals surface area contributed by atoms with E-state index in [1.807, 2.05) is 7.05 Å². The normalized spacial score (nSPS) is 14.2. The molecule has 0 unspecified atom stereocenters. The van der Waals surface area contributed by atoms with E-state index in [0.29, 0.717) is 18.4 Å². The monoisotopic (exact) mass is 328 g/mol. The van der Waals surface area contributed by atoms with Crippen LogP contribution in [-0.4, -0.2) is 30.7 Å². The molecule has 0 spiro atoms. The van der Waals surface area contributed by atoms with Gasteiger partial charge in [0.05, 0.1) is 36.0 Å². The third kappa shape index (κ3) is 3.25. The van der Waals surface area contributed by atoms with Gasteiger partial charge in [-0.3, -0.25) is 19.1 Å². The first-order valence-electron chi connectivity index (χ1n) is 8.34. The Labute approximate surface area is 141 Å². The molecule has 128 valence electrons. The minimum atomic E-state index is -0.137. The van der Waals surface area contributed by atoms with Crippen LogP contribution >= 0.6 is 0 Å². The Bertz CT molecular complexity index is 740. The maximum absolute atomic E-state index is 12.5. The van der Waals surface area contributed by atoms with Crippen LogP contribution in [-0.2, 0) is 24.9 Å². The molecule has 1 amide bonds. The van der Waals surface area contributed by atoms with Crippen LogP contribution in [0, 0.1) is 5.92 Å². The molecule has 0 N–H and O–H groups in total. The lowest BCUT2D eigenvalue weighted by Gasteiger charge is -2.22. The van der Waals surface area contributed by atoms with E-state index in [0.717, 1.165) is 36.5 Å². The molecule has 0 aromatic carbocycles. The Morgan fingerprint density at radius 1 is 1.46 bits per heavy atom. The first kappa shape index (κ1) is 16.4. The zero-order valence-electron chi connectivity index (χ0n) is 14.5. The summed E-state index contributed by atoms with van der Waals surface area (Å²) in [6.45, 7) is 9.25. The van der Waals surface area contributed by atoms with E-state index >= 15 is 0 Å². The summed E-state index contributed by atoms with van der Waals surface area (Å²) in [4.78, 5) is 14.2. The van der Waals surface area contributed by atoms with E-state index in [4.69, 9.17) is 0 Å². The summed E-state index contributed by atoms with van der Waals surface area (Å²) < 4.78 is 3.74. The van der Waals surface area contributed by atoms with E-state index in [9.17, 15) is 4.79 Å². The van der Waals surface area contributed by atoms with Crippen LogP contribution in [0.2, 0.25) is 0 Å². The smallest absolute Gasteiger partial charge is 0.250 e.